The minimum absolute atomic E-state index is 0.0134. The van der Waals surface area contributed by atoms with Crippen molar-refractivity contribution < 1.29 is 17.5 Å². The summed E-state index contributed by atoms with van der Waals surface area (Å²) in [6.45, 7) is 1.46. The average Bonchev–Trinajstić information content (AvgIpc) is 2.85. The summed E-state index contributed by atoms with van der Waals surface area (Å²) in [5.74, 6) is 0.247. The molecule has 1 atom stereocenters. The standard InChI is InChI=1S/C13H17ClN2O5S/c1-22(19,20)21-7-5-10-4-6-15(9-10)12-3-2-11(14)8-13(12)16(17)18/h2-3,8,10H,4-7,9H2,1H3. The van der Waals surface area contributed by atoms with Crippen molar-refractivity contribution >= 4 is 33.1 Å². The van der Waals surface area contributed by atoms with E-state index >= 15 is 0 Å². The fourth-order valence-corrected chi connectivity index (χ4v) is 3.13. The van der Waals surface area contributed by atoms with Crippen molar-refractivity contribution in [2.75, 3.05) is 30.9 Å². The zero-order valence-electron chi connectivity index (χ0n) is 12.1. The Balaban J connectivity index is 2.00. The number of rotatable bonds is 6. The maximum Gasteiger partial charge on any atom is 0.294 e. The Morgan fingerprint density at radius 1 is 1.50 bits per heavy atom. The van der Waals surface area contributed by atoms with Gasteiger partial charge in [0.1, 0.15) is 5.69 Å². The first-order valence-corrected chi connectivity index (χ1v) is 8.99. The Hall–Kier alpha value is -1.38. The molecule has 1 saturated heterocycles. The highest BCUT2D eigenvalue weighted by molar-refractivity contribution is 7.85. The summed E-state index contributed by atoms with van der Waals surface area (Å²) < 4.78 is 26.6. The largest absolute Gasteiger partial charge is 0.366 e. The van der Waals surface area contributed by atoms with Gasteiger partial charge in [-0.1, -0.05) is 11.6 Å². The van der Waals surface area contributed by atoms with Crippen LogP contribution in [0.2, 0.25) is 5.02 Å². The van der Waals surface area contributed by atoms with Crippen LogP contribution in [-0.4, -0.2) is 39.3 Å². The SMILES string of the molecule is CS(=O)(=O)OCCC1CCN(c2ccc(Cl)cc2[N+](=O)[O-])C1. The number of hydrogen-bond donors (Lipinski definition) is 0. The maximum atomic E-state index is 11.1. The molecule has 0 aliphatic carbocycles. The first-order chi connectivity index (χ1) is 10.3. The monoisotopic (exact) mass is 348 g/mol. The van der Waals surface area contributed by atoms with Gasteiger partial charge in [0.25, 0.3) is 15.8 Å². The van der Waals surface area contributed by atoms with Gasteiger partial charge in [0.05, 0.1) is 17.8 Å². The lowest BCUT2D eigenvalue weighted by molar-refractivity contribution is -0.384. The molecule has 2 rings (SSSR count). The number of halogens is 1. The van der Waals surface area contributed by atoms with Gasteiger partial charge < -0.3 is 4.90 Å². The van der Waals surface area contributed by atoms with Gasteiger partial charge in [0, 0.05) is 24.2 Å². The van der Waals surface area contributed by atoms with Gasteiger partial charge in [-0.15, -0.1) is 0 Å². The third-order valence-corrected chi connectivity index (χ3v) is 4.41. The van der Waals surface area contributed by atoms with Gasteiger partial charge in [-0.3, -0.25) is 14.3 Å². The smallest absolute Gasteiger partial charge is 0.294 e. The third kappa shape index (κ3) is 4.56. The third-order valence-electron chi connectivity index (χ3n) is 3.58. The summed E-state index contributed by atoms with van der Waals surface area (Å²) in [6, 6.07) is 4.62. The van der Waals surface area contributed by atoms with E-state index < -0.39 is 15.0 Å². The van der Waals surface area contributed by atoms with E-state index in [0.717, 1.165) is 12.7 Å². The van der Waals surface area contributed by atoms with E-state index in [1.165, 1.54) is 6.07 Å². The first kappa shape index (κ1) is 17.0. The van der Waals surface area contributed by atoms with Gasteiger partial charge in [0.15, 0.2) is 0 Å². The normalized spacial score (nSPS) is 18.6. The zero-order valence-corrected chi connectivity index (χ0v) is 13.6. The fourth-order valence-electron chi connectivity index (χ4n) is 2.56. The lowest BCUT2D eigenvalue weighted by atomic mass is 10.1. The van der Waals surface area contributed by atoms with Gasteiger partial charge in [-0.25, -0.2) is 0 Å². The van der Waals surface area contributed by atoms with Crippen molar-refractivity contribution in [3.63, 3.8) is 0 Å². The topological polar surface area (TPSA) is 89.8 Å². The van der Waals surface area contributed by atoms with Crippen LogP contribution in [0.1, 0.15) is 12.8 Å². The van der Waals surface area contributed by atoms with Crippen LogP contribution in [0, 0.1) is 16.0 Å². The van der Waals surface area contributed by atoms with Gasteiger partial charge in [0.2, 0.25) is 0 Å². The molecule has 0 saturated carbocycles. The highest BCUT2D eigenvalue weighted by Crippen LogP contribution is 2.34. The molecule has 7 nitrogen and oxygen atoms in total. The molecule has 0 radical (unpaired) electrons. The van der Waals surface area contributed by atoms with Crippen LogP contribution < -0.4 is 4.90 Å². The lowest BCUT2D eigenvalue weighted by Crippen LogP contribution is -2.21. The van der Waals surface area contributed by atoms with Gasteiger partial charge in [-0.05, 0) is 30.9 Å². The molecule has 1 fully saturated rings. The number of nitro groups is 1. The number of nitrogens with zero attached hydrogens (tertiary/aromatic N) is 2. The van der Waals surface area contributed by atoms with Crippen molar-refractivity contribution in [2.45, 2.75) is 12.8 Å². The predicted molar refractivity (Wildman–Crippen MR) is 83.8 cm³/mol. The molecule has 0 N–H and O–H groups in total. The highest BCUT2D eigenvalue weighted by atomic mass is 35.5. The van der Waals surface area contributed by atoms with Gasteiger partial charge >= 0.3 is 0 Å². The van der Waals surface area contributed by atoms with Crippen molar-refractivity contribution in [1.82, 2.24) is 0 Å². The van der Waals surface area contributed by atoms with E-state index in [1.54, 1.807) is 12.1 Å². The molecular formula is C13H17ClN2O5S. The molecule has 0 amide bonds. The number of benzene rings is 1. The van der Waals surface area contributed by atoms with E-state index in [9.17, 15) is 18.5 Å². The van der Waals surface area contributed by atoms with E-state index in [2.05, 4.69) is 0 Å². The van der Waals surface area contributed by atoms with Crippen LogP contribution >= 0.6 is 11.6 Å². The number of hydrogen-bond acceptors (Lipinski definition) is 6. The summed E-state index contributed by atoms with van der Waals surface area (Å²) >= 11 is 5.81. The summed E-state index contributed by atoms with van der Waals surface area (Å²) in [5.41, 5.74) is 0.529. The van der Waals surface area contributed by atoms with E-state index in [0.29, 0.717) is 30.2 Å². The summed E-state index contributed by atoms with van der Waals surface area (Å²) in [6.07, 6.45) is 2.46. The molecule has 22 heavy (non-hydrogen) atoms. The second-order valence-corrected chi connectivity index (χ2v) is 7.39. The maximum absolute atomic E-state index is 11.1. The molecule has 0 bridgehead atoms. The summed E-state index contributed by atoms with van der Waals surface area (Å²) in [4.78, 5) is 12.6. The second kappa shape index (κ2) is 6.80. The molecular weight excluding hydrogens is 332 g/mol. The highest BCUT2D eigenvalue weighted by Gasteiger charge is 2.27. The van der Waals surface area contributed by atoms with Crippen LogP contribution in [0.3, 0.4) is 0 Å². The average molecular weight is 349 g/mol. The number of nitro benzene ring substituents is 1. The Labute approximate surface area is 134 Å². The summed E-state index contributed by atoms with van der Waals surface area (Å²) in [7, 11) is -3.42. The Morgan fingerprint density at radius 3 is 2.86 bits per heavy atom. The van der Waals surface area contributed by atoms with Crippen molar-refractivity contribution in [1.29, 1.82) is 0 Å². The van der Waals surface area contributed by atoms with Crippen LogP contribution in [0.25, 0.3) is 0 Å². The van der Waals surface area contributed by atoms with Crippen LogP contribution in [0.5, 0.6) is 0 Å². The Morgan fingerprint density at radius 2 is 2.23 bits per heavy atom. The quantitative estimate of drug-likeness (QED) is 0.445. The van der Waals surface area contributed by atoms with Crippen molar-refractivity contribution in [2.24, 2.45) is 5.92 Å². The van der Waals surface area contributed by atoms with Crippen LogP contribution in [-0.2, 0) is 14.3 Å². The molecule has 1 aliphatic heterocycles. The zero-order chi connectivity index (χ0) is 16.3. The van der Waals surface area contributed by atoms with E-state index in [4.69, 9.17) is 15.8 Å². The first-order valence-electron chi connectivity index (χ1n) is 6.79. The second-order valence-electron chi connectivity index (χ2n) is 5.31. The lowest BCUT2D eigenvalue weighted by Gasteiger charge is -2.18. The molecule has 122 valence electrons. The van der Waals surface area contributed by atoms with Crippen molar-refractivity contribution in [3.05, 3.63) is 33.3 Å². The summed E-state index contributed by atoms with van der Waals surface area (Å²) in [5, 5.41) is 11.5. The Bertz CT molecular complexity index is 664. The molecule has 1 aliphatic rings. The number of anilines is 1. The minimum atomic E-state index is -3.42. The van der Waals surface area contributed by atoms with Crippen LogP contribution in [0.15, 0.2) is 18.2 Å². The molecule has 0 spiro atoms. The molecule has 9 heteroatoms. The van der Waals surface area contributed by atoms with E-state index in [-0.39, 0.29) is 18.2 Å². The molecule has 1 unspecified atom stereocenters. The fraction of sp³-hybridized carbons (Fsp3) is 0.538. The molecule has 1 aromatic carbocycles. The van der Waals surface area contributed by atoms with E-state index in [1.807, 2.05) is 4.90 Å². The van der Waals surface area contributed by atoms with Gasteiger partial charge in [-0.2, -0.15) is 8.42 Å². The molecule has 0 aromatic heterocycles. The predicted octanol–water partition coefficient (Wildman–Crippen LogP) is 2.44. The van der Waals surface area contributed by atoms with Crippen LogP contribution in [0.4, 0.5) is 11.4 Å². The Kier molecular flexibility index (Phi) is 5.25. The molecule has 1 heterocycles. The minimum Gasteiger partial charge on any atom is -0.366 e. The van der Waals surface area contributed by atoms with Crippen molar-refractivity contribution in [3.8, 4) is 0 Å². The molecule has 1 aromatic rings.